The molecule has 1 saturated carbocycles. The first-order chi connectivity index (χ1) is 14.4. The molecule has 2 amide bonds. The first-order valence-electron chi connectivity index (χ1n) is 10.4. The third-order valence-electron chi connectivity index (χ3n) is 5.29. The number of anilines is 1. The van der Waals surface area contributed by atoms with Gasteiger partial charge in [0.15, 0.2) is 5.82 Å². The fourth-order valence-corrected chi connectivity index (χ4v) is 3.88. The van der Waals surface area contributed by atoms with Crippen LogP contribution in [-0.2, 0) is 22.4 Å². The highest BCUT2D eigenvalue weighted by Crippen LogP contribution is 2.28. The summed E-state index contributed by atoms with van der Waals surface area (Å²) in [6.45, 7) is 1.89. The van der Waals surface area contributed by atoms with Gasteiger partial charge in [0.1, 0.15) is 23.4 Å². The monoisotopic (exact) mass is 419 g/mol. The summed E-state index contributed by atoms with van der Waals surface area (Å²) >= 11 is 0. The standard InChI is InChI=1S/C22H27F2N3O3/c1-2-5-19(25-21(28)11-15-8-16(23)12-17(24)9-15)22(29)26-20-13-18(30-27-20)10-14-6-3-4-7-14/h8-9,12-14,19H,2-7,10-11H2,1H3,(H,25,28)(H,26,27,29). The normalized spacial score (nSPS) is 15.2. The Morgan fingerprint density at radius 3 is 2.53 bits per heavy atom. The molecule has 1 aliphatic rings. The molecule has 0 spiro atoms. The molecule has 162 valence electrons. The van der Waals surface area contributed by atoms with Crippen LogP contribution in [0, 0.1) is 17.6 Å². The molecule has 1 aromatic heterocycles. The Bertz CT molecular complexity index is 858. The number of halogens is 2. The van der Waals surface area contributed by atoms with E-state index in [9.17, 15) is 18.4 Å². The molecular formula is C22H27F2N3O3. The van der Waals surface area contributed by atoms with Crippen LogP contribution in [-0.4, -0.2) is 23.0 Å². The Balaban J connectivity index is 1.56. The zero-order chi connectivity index (χ0) is 21.5. The van der Waals surface area contributed by atoms with Crippen molar-refractivity contribution in [2.75, 3.05) is 5.32 Å². The van der Waals surface area contributed by atoms with Crippen LogP contribution in [0.25, 0.3) is 0 Å². The summed E-state index contributed by atoms with van der Waals surface area (Å²) in [7, 11) is 0. The van der Waals surface area contributed by atoms with Gasteiger partial charge in [-0.15, -0.1) is 0 Å². The number of carbonyl (C=O) groups is 2. The Morgan fingerprint density at radius 1 is 1.17 bits per heavy atom. The second-order valence-electron chi connectivity index (χ2n) is 7.89. The quantitative estimate of drug-likeness (QED) is 0.640. The van der Waals surface area contributed by atoms with Gasteiger partial charge >= 0.3 is 0 Å². The second kappa shape index (κ2) is 10.3. The van der Waals surface area contributed by atoms with Crippen molar-refractivity contribution in [3.8, 4) is 0 Å². The van der Waals surface area contributed by atoms with Gasteiger partial charge in [0.2, 0.25) is 11.8 Å². The minimum atomic E-state index is -0.782. The van der Waals surface area contributed by atoms with Crippen LogP contribution in [0.2, 0.25) is 0 Å². The van der Waals surface area contributed by atoms with Crippen LogP contribution in [0.4, 0.5) is 14.6 Å². The number of benzene rings is 1. The predicted octanol–water partition coefficient (Wildman–Crippen LogP) is 4.15. The molecule has 2 aromatic rings. The first-order valence-corrected chi connectivity index (χ1v) is 10.4. The summed E-state index contributed by atoms with van der Waals surface area (Å²) in [6, 6.07) is 3.87. The second-order valence-corrected chi connectivity index (χ2v) is 7.89. The molecule has 8 heteroatoms. The minimum Gasteiger partial charge on any atom is -0.359 e. The van der Waals surface area contributed by atoms with Crippen molar-refractivity contribution in [2.24, 2.45) is 5.92 Å². The van der Waals surface area contributed by atoms with Crippen LogP contribution in [0.1, 0.15) is 56.8 Å². The van der Waals surface area contributed by atoms with E-state index in [-0.39, 0.29) is 12.0 Å². The molecule has 0 radical (unpaired) electrons. The van der Waals surface area contributed by atoms with Crippen LogP contribution < -0.4 is 10.6 Å². The van der Waals surface area contributed by atoms with Crippen molar-refractivity contribution in [1.82, 2.24) is 10.5 Å². The van der Waals surface area contributed by atoms with Gasteiger partial charge in [-0.1, -0.05) is 44.2 Å². The van der Waals surface area contributed by atoms with Crippen molar-refractivity contribution < 1.29 is 22.9 Å². The van der Waals surface area contributed by atoms with Crippen LogP contribution in [0.15, 0.2) is 28.8 Å². The molecule has 0 bridgehead atoms. The first kappa shape index (κ1) is 21.9. The molecule has 1 aromatic carbocycles. The zero-order valence-corrected chi connectivity index (χ0v) is 17.0. The molecule has 1 unspecified atom stereocenters. The van der Waals surface area contributed by atoms with Gasteiger partial charge in [0.25, 0.3) is 0 Å². The SMILES string of the molecule is CCCC(NC(=O)Cc1cc(F)cc(F)c1)C(=O)Nc1cc(CC2CCCC2)on1. The molecule has 3 rings (SSSR count). The number of nitrogens with one attached hydrogen (secondary N) is 2. The van der Waals surface area contributed by atoms with Crippen LogP contribution in [0.3, 0.4) is 0 Å². The Kier molecular flexibility index (Phi) is 7.54. The predicted molar refractivity (Wildman–Crippen MR) is 108 cm³/mol. The molecule has 1 atom stereocenters. The van der Waals surface area contributed by atoms with Gasteiger partial charge in [-0.3, -0.25) is 9.59 Å². The molecule has 1 heterocycles. The lowest BCUT2D eigenvalue weighted by Gasteiger charge is -2.17. The summed E-state index contributed by atoms with van der Waals surface area (Å²) < 4.78 is 31.9. The Labute approximate surface area is 174 Å². The fraction of sp³-hybridized carbons (Fsp3) is 0.500. The lowest BCUT2D eigenvalue weighted by molar-refractivity contribution is -0.126. The molecule has 0 saturated heterocycles. The average molecular weight is 419 g/mol. The minimum absolute atomic E-state index is 0.203. The number of hydrogen-bond acceptors (Lipinski definition) is 4. The number of nitrogens with zero attached hydrogens (tertiary/aromatic N) is 1. The number of aromatic nitrogens is 1. The van der Waals surface area contributed by atoms with E-state index in [1.54, 1.807) is 6.07 Å². The third-order valence-corrected chi connectivity index (χ3v) is 5.29. The molecule has 1 aliphatic carbocycles. The summed E-state index contributed by atoms with van der Waals surface area (Å²) in [6.07, 6.45) is 6.51. The number of carbonyl (C=O) groups excluding carboxylic acids is 2. The van der Waals surface area contributed by atoms with E-state index < -0.39 is 29.5 Å². The highest BCUT2D eigenvalue weighted by molar-refractivity contribution is 5.96. The molecule has 2 N–H and O–H groups in total. The van der Waals surface area contributed by atoms with Gasteiger partial charge in [0.05, 0.1) is 6.42 Å². The molecule has 0 aliphatic heterocycles. The van der Waals surface area contributed by atoms with Crippen molar-refractivity contribution in [3.63, 3.8) is 0 Å². The van der Waals surface area contributed by atoms with Gasteiger partial charge < -0.3 is 15.2 Å². The summed E-state index contributed by atoms with van der Waals surface area (Å²) in [4.78, 5) is 24.9. The molecule has 6 nitrogen and oxygen atoms in total. The molecule has 1 fully saturated rings. The van der Waals surface area contributed by atoms with Crippen molar-refractivity contribution in [1.29, 1.82) is 0 Å². The van der Waals surface area contributed by atoms with E-state index in [0.29, 0.717) is 24.6 Å². The van der Waals surface area contributed by atoms with Crippen LogP contribution in [0.5, 0.6) is 0 Å². The van der Waals surface area contributed by atoms with E-state index in [1.807, 2.05) is 6.92 Å². The summed E-state index contributed by atoms with van der Waals surface area (Å²) in [5, 5.41) is 9.22. The van der Waals surface area contributed by atoms with E-state index in [1.165, 1.54) is 25.7 Å². The van der Waals surface area contributed by atoms with Crippen molar-refractivity contribution in [2.45, 2.75) is 64.3 Å². The topological polar surface area (TPSA) is 84.2 Å². The lowest BCUT2D eigenvalue weighted by Crippen LogP contribution is -2.44. The maximum Gasteiger partial charge on any atom is 0.248 e. The van der Waals surface area contributed by atoms with Gasteiger partial charge in [-0.05, 0) is 30.0 Å². The largest absolute Gasteiger partial charge is 0.359 e. The van der Waals surface area contributed by atoms with E-state index in [4.69, 9.17) is 4.52 Å². The third kappa shape index (κ3) is 6.37. The molecule has 30 heavy (non-hydrogen) atoms. The van der Waals surface area contributed by atoms with Crippen molar-refractivity contribution in [3.05, 3.63) is 47.2 Å². The summed E-state index contributed by atoms with van der Waals surface area (Å²) in [5.41, 5.74) is 0.203. The fourth-order valence-electron chi connectivity index (χ4n) is 3.88. The van der Waals surface area contributed by atoms with Crippen molar-refractivity contribution >= 4 is 17.6 Å². The van der Waals surface area contributed by atoms with Crippen LogP contribution >= 0.6 is 0 Å². The number of hydrogen-bond donors (Lipinski definition) is 2. The highest BCUT2D eigenvalue weighted by atomic mass is 19.1. The Morgan fingerprint density at radius 2 is 1.87 bits per heavy atom. The van der Waals surface area contributed by atoms with E-state index in [0.717, 1.165) is 30.4 Å². The lowest BCUT2D eigenvalue weighted by atomic mass is 10.0. The maximum atomic E-state index is 13.3. The number of amides is 2. The Hall–Kier alpha value is -2.77. The zero-order valence-electron chi connectivity index (χ0n) is 17.0. The average Bonchev–Trinajstić information content (AvgIpc) is 3.33. The summed E-state index contributed by atoms with van der Waals surface area (Å²) in [5.74, 6) is -0.745. The maximum absolute atomic E-state index is 13.3. The van der Waals surface area contributed by atoms with Gasteiger partial charge in [-0.2, -0.15) is 0 Å². The number of rotatable bonds is 9. The van der Waals surface area contributed by atoms with Gasteiger partial charge in [0, 0.05) is 18.6 Å². The van der Waals surface area contributed by atoms with Gasteiger partial charge in [-0.25, -0.2) is 8.78 Å². The van der Waals surface area contributed by atoms with E-state index >= 15 is 0 Å². The highest BCUT2D eigenvalue weighted by Gasteiger charge is 2.22. The smallest absolute Gasteiger partial charge is 0.248 e. The molecular weight excluding hydrogens is 392 g/mol. The van der Waals surface area contributed by atoms with E-state index in [2.05, 4.69) is 15.8 Å².